The fraction of sp³-hybridized carbons (Fsp3) is 0.714. The van der Waals surface area contributed by atoms with Crippen LogP contribution in [0.2, 0.25) is 0 Å². The fourth-order valence-electron chi connectivity index (χ4n) is 0.677. The van der Waals surface area contributed by atoms with E-state index in [0.29, 0.717) is 18.5 Å². The predicted octanol–water partition coefficient (Wildman–Crippen LogP) is 2.13. The molecule has 0 rings (SSSR count). The van der Waals surface area contributed by atoms with Crippen molar-refractivity contribution in [1.29, 1.82) is 0 Å². The summed E-state index contributed by atoms with van der Waals surface area (Å²) in [6.07, 6.45) is 1.95. The maximum absolute atomic E-state index is 11.7. The Hall–Kier alpha value is 0.240. The van der Waals surface area contributed by atoms with Gasteiger partial charge in [0.2, 0.25) is 0 Å². The minimum atomic E-state index is -2.60. The van der Waals surface area contributed by atoms with Crippen LogP contribution in [0.1, 0.15) is 6.92 Å². The van der Waals surface area contributed by atoms with Crippen molar-refractivity contribution in [2.24, 2.45) is 0 Å². The van der Waals surface area contributed by atoms with Crippen molar-refractivity contribution < 1.29 is 14.2 Å². The molecule has 0 aromatic rings. The van der Waals surface area contributed by atoms with Crippen molar-refractivity contribution >= 4 is 18.0 Å². The van der Waals surface area contributed by atoms with E-state index in [1.54, 1.807) is 13.0 Å². The molecule has 0 fully saturated rings. The lowest BCUT2D eigenvalue weighted by atomic mass is 10.8. The van der Waals surface area contributed by atoms with Crippen molar-refractivity contribution in [3.63, 3.8) is 0 Å². The first-order chi connectivity index (χ1) is 5.68. The third-order valence-corrected chi connectivity index (χ3v) is 5.66. The molecule has 3 nitrogen and oxygen atoms in total. The lowest BCUT2D eigenvalue weighted by Crippen LogP contribution is -1.93. The van der Waals surface area contributed by atoms with Crippen LogP contribution < -0.4 is 0 Å². The maximum atomic E-state index is 11.7. The minimum absolute atomic E-state index is 0.0267. The molecule has 5 heteroatoms. The van der Waals surface area contributed by atoms with E-state index in [1.165, 1.54) is 11.4 Å². The molecule has 0 aliphatic heterocycles. The van der Waals surface area contributed by atoms with Crippen LogP contribution in [0.15, 0.2) is 12.7 Å². The SMILES string of the molecule is C=CCP(=O)(OCC)SCCO. The normalized spacial score (nSPS) is 15.5. The van der Waals surface area contributed by atoms with Gasteiger partial charge in [0.1, 0.15) is 0 Å². The van der Waals surface area contributed by atoms with E-state index in [4.69, 9.17) is 9.63 Å². The number of hydrogen-bond acceptors (Lipinski definition) is 4. The molecule has 0 saturated heterocycles. The van der Waals surface area contributed by atoms with Gasteiger partial charge in [-0.2, -0.15) is 0 Å². The van der Waals surface area contributed by atoms with E-state index in [-0.39, 0.29) is 6.61 Å². The van der Waals surface area contributed by atoms with Gasteiger partial charge in [0.05, 0.1) is 19.4 Å². The van der Waals surface area contributed by atoms with Gasteiger partial charge in [-0.1, -0.05) is 17.5 Å². The third-order valence-electron chi connectivity index (χ3n) is 1.06. The van der Waals surface area contributed by atoms with E-state index < -0.39 is 6.57 Å². The first-order valence-electron chi connectivity index (χ1n) is 3.78. The van der Waals surface area contributed by atoms with E-state index >= 15 is 0 Å². The summed E-state index contributed by atoms with van der Waals surface area (Å²) in [5.74, 6) is 0.450. The number of aliphatic hydroxyl groups excluding tert-OH is 1. The number of aliphatic hydroxyl groups is 1. The highest BCUT2D eigenvalue weighted by Gasteiger charge is 2.20. The van der Waals surface area contributed by atoms with Gasteiger partial charge in [0.25, 0.3) is 6.57 Å². The molecule has 0 amide bonds. The van der Waals surface area contributed by atoms with Crippen LogP contribution in [0, 0.1) is 0 Å². The van der Waals surface area contributed by atoms with Crippen LogP contribution in [-0.4, -0.2) is 30.2 Å². The minimum Gasteiger partial charge on any atom is -0.396 e. The summed E-state index contributed by atoms with van der Waals surface area (Å²) in [5, 5.41) is 8.54. The van der Waals surface area contributed by atoms with E-state index in [1.807, 2.05) is 0 Å². The maximum Gasteiger partial charge on any atom is 0.261 e. The Morgan fingerprint density at radius 1 is 1.75 bits per heavy atom. The molecule has 0 aliphatic rings. The van der Waals surface area contributed by atoms with Gasteiger partial charge in [-0.3, -0.25) is 4.57 Å². The molecule has 0 spiro atoms. The highest BCUT2D eigenvalue weighted by atomic mass is 32.7. The monoisotopic (exact) mass is 210 g/mol. The Kier molecular flexibility index (Phi) is 6.86. The zero-order valence-electron chi connectivity index (χ0n) is 7.23. The van der Waals surface area contributed by atoms with E-state index in [0.717, 1.165) is 0 Å². The summed E-state index contributed by atoms with van der Waals surface area (Å²) >= 11 is 1.19. The van der Waals surface area contributed by atoms with Crippen molar-refractivity contribution in [3.05, 3.63) is 12.7 Å². The summed E-state index contributed by atoms with van der Waals surface area (Å²) in [6.45, 7) is 3.17. The average Bonchev–Trinajstić information content (AvgIpc) is 2.02. The van der Waals surface area contributed by atoms with Crippen molar-refractivity contribution in [3.8, 4) is 0 Å². The predicted molar refractivity (Wildman–Crippen MR) is 53.8 cm³/mol. The number of hydrogen-bond donors (Lipinski definition) is 1. The van der Waals surface area contributed by atoms with Gasteiger partial charge in [0, 0.05) is 5.75 Å². The van der Waals surface area contributed by atoms with Gasteiger partial charge in [0.15, 0.2) is 0 Å². The smallest absolute Gasteiger partial charge is 0.261 e. The van der Waals surface area contributed by atoms with Gasteiger partial charge in [-0.25, -0.2) is 0 Å². The molecule has 12 heavy (non-hydrogen) atoms. The average molecular weight is 210 g/mol. The molecule has 0 bridgehead atoms. The Morgan fingerprint density at radius 2 is 2.42 bits per heavy atom. The molecule has 0 radical (unpaired) electrons. The molecule has 0 heterocycles. The quantitative estimate of drug-likeness (QED) is 0.516. The summed E-state index contributed by atoms with van der Waals surface area (Å²) in [5.41, 5.74) is 0. The van der Waals surface area contributed by atoms with E-state index in [2.05, 4.69) is 6.58 Å². The molecule has 72 valence electrons. The van der Waals surface area contributed by atoms with Crippen molar-refractivity contribution in [1.82, 2.24) is 0 Å². The second-order valence-corrected chi connectivity index (χ2v) is 7.01. The van der Waals surface area contributed by atoms with Crippen LogP contribution >= 0.6 is 18.0 Å². The second kappa shape index (κ2) is 6.72. The molecular formula is C7H15O3PS. The van der Waals surface area contributed by atoms with Crippen LogP contribution in [0.4, 0.5) is 0 Å². The highest BCUT2D eigenvalue weighted by Crippen LogP contribution is 2.59. The fourth-order valence-corrected chi connectivity index (χ4v) is 4.28. The first-order valence-corrected chi connectivity index (χ1v) is 7.18. The van der Waals surface area contributed by atoms with Crippen LogP contribution in [0.5, 0.6) is 0 Å². The van der Waals surface area contributed by atoms with Crippen molar-refractivity contribution in [2.75, 3.05) is 25.1 Å². The summed E-state index contributed by atoms with van der Waals surface area (Å²) in [4.78, 5) is 0. The molecule has 0 aromatic carbocycles. The van der Waals surface area contributed by atoms with Gasteiger partial charge in [-0.05, 0) is 6.92 Å². The van der Waals surface area contributed by atoms with Crippen molar-refractivity contribution in [2.45, 2.75) is 6.92 Å². The number of rotatable bonds is 7. The molecule has 1 atom stereocenters. The van der Waals surface area contributed by atoms with E-state index in [9.17, 15) is 4.57 Å². The molecule has 1 unspecified atom stereocenters. The largest absolute Gasteiger partial charge is 0.396 e. The summed E-state index contributed by atoms with van der Waals surface area (Å²) in [7, 11) is 0. The lowest BCUT2D eigenvalue weighted by Gasteiger charge is -2.13. The molecule has 0 saturated carbocycles. The second-order valence-electron chi connectivity index (χ2n) is 2.06. The summed E-state index contributed by atoms with van der Waals surface area (Å²) in [6, 6.07) is 0. The highest BCUT2D eigenvalue weighted by molar-refractivity contribution is 8.56. The lowest BCUT2D eigenvalue weighted by molar-refractivity contribution is 0.322. The van der Waals surface area contributed by atoms with Crippen LogP contribution in [0.3, 0.4) is 0 Å². The topological polar surface area (TPSA) is 46.5 Å². The number of allylic oxidation sites excluding steroid dienone is 1. The zero-order chi connectivity index (χ0) is 9.45. The Labute approximate surface area is 77.4 Å². The standard InChI is InChI=1S/C7H15O3PS/c1-3-6-11(9,10-4-2)12-7-5-8/h3,8H,1,4-7H2,2H3. The van der Waals surface area contributed by atoms with Gasteiger partial charge >= 0.3 is 0 Å². The molecule has 1 N–H and O–H groups in total. The molecule has 0 aromatic heterocycles. The van der Waals surface area contributed by atoms with Crippen LogP contribution in [0.25, 0.3) is 0 Å². The third kappa shape index (κ3) is 4.99. The van der Waals surface area contributed by atoms with Crippen LogP contribution in [-0.2, 0) is 9.09 Å². The zero-order valence-corrected chi connectivity index (χ0v) is 8.94. The summed E-state index contributed by atoms with van der Waals surface area (Å²) < 4.78 is 16.8. The Balaban J connectivity index is 3.98. The first kappa shape index (κ1) is 12.2. The molecular weight excluding hydrogens is 195 g/mol. The van der Waals surface area contributed by atoms with Gasteiger partial charge < -0.3 is 9.63 Å². The Bertz CT molecular complexity index is 172. The van der Waals surface area contributed by atoms with Gasteiger partial charge in [-0.15, -0.1) is 6.58 Å². The molecule has 0 aliphatic carbocycles. The Morgan fingerprint density at radius 3 is 2.83 bits per heavy atom.